The van der Waals surface area contributed by atoms with Crippen LogP contribution in [-0.4, -0.2) is 27.5 Å². The number of furan rings is 1. The second-order valence-corrected chi connectivity index (χ2v) is 4.39. The third kappa shape index (κ3) is 2.35. The molecule has 20 heavy (non-hydrogen) atoms. The summed E-state index contributed by atoms with van der Waals surface area (Å²) in [6.07, 6.45) is 5.32. The lowest BCUT2D eigenvalue weighted by atomic mass is 10.1. The number of nitrogens with zero attached hydrogens (tertiary/aromatic N) is 1. The van der Waals surface area contributed by atoms with Crippen molar-refractivity contribution in [3.63, 3.8) is 0 Å². The molecular formula is C14H13N3O3. The molecule has 3 rings (SSSR count). The maximum Gasteiger partial charge on any atom is 0.286 e. The van der Waals surface area contributed by atoms with Gasteiger partial charge in [0.05, 0.1) is 12.5 Å². The van der Waals surface area contributed by atoms with E-state index in [4.69, 9.17) is 4.42 Å². The minimum atomic E-state index is -0.240. The smallest absolute Gasteiger partial charge is 0.286 e. The summed E-state index contributed by atoms with van der Waals surface area (Å²) in [5, 5.41) is 13.1. The Bertz CT molecular complexity index is 731. The largest absolute Gasteiger partial charge is 0.506 e. The quantitative estimate of drug-likeness (QED) is 0.675. The number of pyridine rings is 1. The fourth-order valence-corrected chi connectivity index (χ4v) is 2.06. The van der Waals surface area contributed by atoms with Crippen molar-refractivity contribution in [2.24, 2.45) is 0 Å². The molecule has 0 aromatic carbocycles. The highest BCUT2D eigenvalue weighted by Crippen LogP contribution is 2.20. The van der Waals surface area contributed by atoms with Crippen molar-refractivity contribution >= 4 is 16.9 Å². The number of aromatic hydroxyl groups is 1. The zero-order chi connectivity index (χ0) is 13.9. The zero-order valence-electron chi connectivity index (χ0n) is 10.6. The zero-order valence-corrected chi connectivity index (χ0v) is 10.6. The second kappa shape index (κ2) is 5.08. The Morgan fingerprint density at radius 3 is 3.20 bits per heavy atom. The highest BCUT2D eigenvalue weighted by molar-refractivity contribution is 5.91. The van der Waals surface area contributed by atoms with Crippen molar-refractivity contribution in [1.82, 2.24) is 15.3 Å². The minimum Gasteiger partial charge on any atom is -0.506 e. The number of nitrogens with one attached hydrogen (secondary N) is 2. The van der Waals surface area contributed by atoms with Crippen LogP contribution in [0.15, 0.2) is 41.3 Å². The van der Waals surface area contributed by atoms with Gasteiger partial charge in [-0.25, -0.2) is 4.98 Å². The Morgan fingerprint density at radius 2 is 2.40 bits per heavy atom. The molecular weight excluding hydrogens is 258 g/mol. The molecule has 0 saturated carbocycles. The highest BCUT2D eigenvalue weighted by Gasteiger charge is 2.09. The van der Waals surface area contributed by atoms with E-state index in [-0.39, 0.29) is 11.7 Å². The average molecular weight is 271 g/mol. The third-order valence-electron chi connectivity index (χ3n) is 3.03. The fourth-order valence-electron chi connectivity index (χ4n) is 2.06. The van der Waals surface area contributed by atoms with E-state index < -0.39 is 0 Å². The van der Waals surface area contributed by atoms with Crippen LogP contribution in [0.25, 0.3) is 11.0 Å². The molecule has 0 aliphatic rings. The monoisotopic (exact) mass is 271 g/mol. The van der Waals surface area contributed by atoms with Crippen molar-refractivity contribution in [2.75, 3.05) is 6.54 Å². The van der Waals surface area contributed by atoms with Crippen molar-refractivity contribution in [1.29, 1.82) is 0 Å². The van der Waals surface area contributed by atoms with Gasteiger partial charge >= 0.3 is 0 Å². The first-order valence-electron chi connectivity index (χ1n) is 6.21. The average Bonchev–Trinajstić information content (AvgIpc) is 3.08. The molecule has 0 radical (unpaired) electrons. The lowest BCUT2D eigenvalue weighted by Crippen LogP contribution is -2.25. The van der Waals surface area contributed by atoms with E-state index in [2.05, 4.69) is 15.3 Å². The van der Waals surface area contributed by atoms with Gasteiger partial charge in [0.2, 0.25) is 0 Å². The van der Waals surface area contributed by atoms with Gasteiger partial charge in [0.1, 0.15) is 11.4 Å². The number of amides is 1. The summed E-state index contributed by atoms with van der Waals surface area (Å²) in [6.45, 7) is 0.474. The lowest BCUT2D eigenvalue weighted by molar-refractivity contribution is 0.0926. The molecule has 0 aliphatic carbocycles. The van der Waals surface area contributed by atoms with Crippen LogP contribution in [0.1, 0.15) is 16.1 Å². The van der Waals surface area contributed by atoms with E-state index in [1.54, 1.807) is 18.2 Å². The van der Waals surface area contributed by atoms with Crippen molar-refractivity contribution in [3.8, 4) is 5.75 Å². The first-order chi connectivity index (χ1) is 9.74. The van der Waals surface area contributed by atoms with Gasteiger partial charge in [0.25, 0.3) is 5.91 Å². The van der Waals surface area contributed by atoms with Gasteiger partial charge in [-0.1, -0.05) is 0 Å². The van der Waals surface area contributed by atoms with E-state index in [0.717, 1.165) is 16.6 Å². The first-order valence-corrected chi connectivity index (χ1v) is 6.21. The predicted molar refractivity (Wildman–Crippen MR) is 72.5 cm³/mol. The summed E-state index contributed by atoms with van der Waals surface area (Å²) in [5.41, 5.74) is 1.71. The molecule has 3 aromatic rings. The number of hydrogen-bond acceptors (Lipinski definition) is 4. The summed E-state index contributed by atoms with van der Waals surface area (Å²) >= 11 is 0. The summed E-state index contributed by atoms with van der Waals surface area (Å²) in [6, 6.07) is 4.94. The van der Waals surface area contributed by atoms with Crippen LogP contribution in [0.4, 0.5) is 0 Å². The summed E-state index contributed by atoms with van der Waals surface area (Å²) in [4.78, 5) is 18.8. The van der Waals surface area contributed by atoms with Gasteiger partial charge in [0, 0.05) is 18.1 Å². The molecule has 0 unspecified atom stereocenters. The first kappa shape index (κ1) is 12.3. The maximum atomic E-state index is 11.7. The SMILES string of the molecule is O=C(NCCc1c[nH]c2ncc(O)cc12)c1ccco1. The summed E-state index contributed by atoms with van der Waals surface area (Å²) < 4.78 is 5.01. The van der Waals surface area contributed by atoms with Crippen LogP contribution in [0.3, 0.4) is 0 Å². The predicted octanol–water partition coefficient (Wildman–Crippen LogP) is 1.83. The molecule has 0 atom stereocenters. The molecule has 0 bridgehead atoms. The Morgan fingerprint density at radius 1 is 1.50 bits per heavy atom. The number of H-pyrrole nitrogens is 1. The number of rotatable bonds is 4. The van der Waals surface area contributed by atoms with E-state index >= 15 is 0 Å². The Kier molecular flexibility index (Phi) is 3.12. The summed E-state index contributed by atoms with van der Waals surface area (Å²) in [7, 11) is 0. The second-order valence-electron chi connectivity index (χ2n) is 4.39. The number of fused-ring (bicyclic) bond motifs is 1. The Hall–Kier alpha value is -2.76. The number of carbonyl (C=O) groups is 1. The third-order valence-corrected chi connectivity index (χ3v) is 3.03. The molecule has 1 amide bonds. The molecule has 0 aliphatic heterocycles. The van der Waals surface area contributed by atoms with Gasteiger partial charge in [-0.3, -0.25) is 4.79 Å². The van der Waals surface area contributed by atoms with Gasteiger partial charge < -0.3 is 19.8 Å². The topological polar surface area (TPSA) is 91.2 Å². The molecule has 3 N–H and O–H groups in total. The van der Waals surface area contributed by atoms with Crippen LogP contribution < -0.4 is 5.32 Å². The van der Waals surface area contributed by atoms with Crippen LogP contribution >= 0.6 is 0 Å². The van der Waals surface area contributed by atoms with Crippen LogP contribution in [-0.2, 0) is 6.42 Å². The van der Waals surface area contributed by atoms with Crippen molar-refractivity contribution in [3.05, 3.63) is 48.2 Å². The van der Waals surface area contributed by atoms with Crippen LogP contribution in [0.2, 0.25) is 0 Å². The normalized spacial score (nSPS) is 10.8. The van der Waals surface area contributed by atoms with Gasteiger partial charge in [0.15, 0.2) is 5.76 Å². The molecule has 6 heteroatoms. The van der Waals surface area contributed by atoms with E-state index in [0.29, 0.717) is 18.7 Å². The van der Waals surface area contributed by atoms with Gasteiger partial charge in [-0.15, -0.1) is 0 Å². The summed E-state index contributed by atoms with van der Waals surface area (Å²) in [5.74, 6) is 0.178. The van der Waals surface area contributed by atoms with E-state index in [1.165, 1.54) is 12.5 Å². The van der Waals surface area contributed by atoms with E-state index in [9.17, 15) is 9.90 Å². The van der Waals surface area contributed by atoms with Gasteiger partial charge in [-0.2, -0.15) is 0 Å². The molecule has 0 fully saturated rings. The van der Waals surface area contributed by atoms with Gasteiger partial charge in [-0.05, 0) is 30.2 Å². The molecule has 0 saturated heterocycles. The maximum absolute atomic E-state index is 11.7. The fraction of sp³-hybridized carbons (Fsp3) is 0.143. The molecule has 3 aromatic heterocycles. The number of carbonyl (C=O) groups excluding carboxylic acids is 1. The highest BCUT2D eigenvalue weighted by atomic mass is 16.3. The lowest BCUT2D eigenvalue weighted by Gasteiger charge is -2.02. The number of aromatic amines is 1. The molecule has 6 nitrogen and oxygen atoms in total. The minimum absolute atomic E-state index is 0.123. The molecule has 0 spiro atoms. The van der Waals surface area contributed by atoms with Crippen molar-refractivity contribution in [2.45, 2.75) is 6.42 Å². The Labute approximate surface area is 114 Å². The van der Waals surface area contributed by atoms with Crippen LogP contribution in [0, 0.1) is 0 Å². The van der Waals surface area contributed by atoms with Crippen LogP contribution in [0.5, 0.6) is 5.75 Å². The standard InChI is InChI=1S/C14H13N3O3/c18-10-6-11-9(7-16-13(11)17-8-10)3-4-15-14(19)12-2-1-5-20-12/h1-2,5-8,18H,3-4H2,(H,15,19)(H,16,17). The number of aromatic nitrogens is 2. The number of hydrogen-bond donors (Lipinski definition) is 3. The van der Waals surface area contributed by atoms with Crippen molar-refractivity contribution < 1.29 is 14.3 Å². The molecule has 102 valence electrons. The molecule has 3 heterocycles. The Balaban J connectivity index is 1.65. The van der Waals surface area contributed by atoms with E-state index in [1.807, 2.05) is 6.20 Å².